The topological polar surface area (TPSA) is 119 Å². The number of thiocyanates is 2. The zero-order valence-corrected chi connectivity index (χ0v) is 12.8. The fourth-order valence-electron chi connectivity index (χ4n) is 1.54. The minimum absolute atomic E-state index is 0.228. The molecule has 0 radical (unpaired) electrons. The van der Waals surface area contributed by atoms with Crippen LogP contribution in [-0.4, -0.2) is 35.8 Å². The van der Waals surface area contributed by atoms with E-state index < -0.39 is 23.9 Å². The Hall–Kier alpha value is -2.36. The van der Waals surface area contributed by atoms with Crippen LogP contribution >= 0.6 is 0 Å². The van der Waals surface area contributed by atoms with Crippen molar-refractivity contribution < 1.29 is 16.8 Å². The number of benzene rings is 1. The predicted molar refractivity (Wildman–Crippen MR) is 76.3 cm³/mol. The summed E-state index contributed by atoms with van der Waals surface area (Å²) in [5.74, 6) is 0. The Balaban J connectivity index is 3.86. The molecule has 110 valence electrons. The SMILES string of the molecule is CN(C)C=c1ccc(=C(S(=O)(=O)C#N)S(=O)(=O)C#N)cc1. The molecule has 0 aliphatic rings. The molecule has 0 saturated carbocycles. The van der Waals surface area contributed by atoms with Gasteiger partial charge in [-0.3, -0.25) is 0 Å². The molecule has 0 unspecified atom stereocenters. The highest BCUT2D eigenvalue weighted by molar-refractivity contribution is 8.25. The fraction of sp³-hybridized carbons (Fsp3) is 0.167. The van der Waals surface area contributed by atoms with Crippen LogP contribution in [0.5, 0.6) is 0 Å². The van der Waals surface area contributed by atoms with Crippen molar-refractivity contribution in [3.05, 3.63) is 34.7 Å². The summed E-state index contributed by atoms with van der Waals surface area (Å²) in [4.78, 5) is 1.75. The summed E-state index contributed by atoms with van der Waals surface area (Å²) in [6.45, 7) is 0. The Labute approximate surface area is 122 Å². The van der Waals surface area contributed by atoms with E-state index in [-0.39, 0.29) is 5.22 Å². The van der Waals surface area contributed by atoms with E-state index in [4.69, 9.17) is 10.5 Å². The van der Waals surface area contributed by atoms with Crippen molar-refractivity contribution in [2.75, 3.05) is 14.1 Å². The maximum Gasteiger partial charge on any atom is 0.282 e. The van der Waals surface area contributed by atoms with Gasteiger partial charge in [0.05, 0.1) is 0 Å². The van der Waals surface area contributed by atoms with Crippen LogP contribution < -0.4 is 10.4 Å². The maximum atomic E-state index is 11.6. The second-order valence-corrected chi connectivity index (χ2v) is 7.65. The van der Waals surface area contributed by atoms with E-state index in [1.807, 2.05) is 0 Å². The largest absolute Gasteiger partial charge is 0.383 e. The van der Waals surface area contributed by atoms with Crippen LogP contribution in [0.3, 0.4) is 0 Å². The van der Waals surface area contributed by atoms with E-state index >= 15 is 0 Å². The van der Waals surface area contributed by atoms with Gasteiger partial charge in [-0.2, -0.15) is 10.5 Å². The minimum atomic E-state index is -4.73. The first kappa shape index (κ1) is 16.7. The monoisotopic (exact) mass is 325 g/mol. The van der Waals surface area contributed by atoms with E-state index in [9.17, 15) is 16.8 Å². The van der Waals surface area contributed by atoms with Crippen LogP contribution in [0.15, 0.2) is 24.3 Å². The third-order valence-corrected chi connectivity index (χ3v) is 5.53. The van der Waals surface area contributed by atoms with Crippen molar-refractivity contribution in [2.45, 2.75) is 0 Å². The molecule has 0 aliphatic carbocycles. The molecule has 0 amide bonds. The van der Waals surface area contributed by atoms with Gasteiger partial charge in [0.25, 0.3) is 19.7 Å². The van der Waals surface area contributed by atoms with E-state index in [0.29, 0.717) is 5.22 Å². The summed E-state index contributed by atoms with van der Waals surface area (Å²) in [5.41, 5.74) is 0. The lowest BCUT2D eigenvalue weighted by molar-refractivity contribution is 0.609. The third kappa shape index (κ3) is 3.81. The highest BCUT2D eigenvalue weighted by atomic mass is 32.3. The molecule has 0 aromatic heterocycles. The standard InChI is InChI=1S/C12H11N3O4S2/c1-15(2)7-10-3-5-11(6-4-10)12(20(16,17)8-13)21(18,19)9-14/h3-7H,1-2H3. The first-order valence-electron chi connectivity index (χ1n) is 5.44. The number of nitriles is 2. The van der Waals surface area contributed by atoms with E-state index in [1.54, 1.807) is 25.2 Å². The van der Waals surface area contributed by atoms with Gasteiger partial charge >= 0.3 is 0 Å². The Morgan fingerprint density at radius 2 is 1.43 bits per heavy atom. The average Bonchev–Trinajstić information content (AvgIpc) is 2.40. The molecular formula is C12H11N3O4S2. The lowest BCUT2D eigenvalue weighted by atomic mass is 10.3. The Kier molecular flexibility index (Phi) is 4.73. The molecule has 0 bridgehead atoms. The number of hydrogen-bond acceptors (Lipinski definition) is 7. The number of sulfone groups is 2. The van der Waals surface area contributed by atoms with Crippen molar-refractivity contribution in [3.63, 3.8) is 0 Å². The molecule has 0 saturated heterocycles. The van der Waals surface area contributed by atoms with Crippen LogP contribution in [0, 0.1) is 21.3 Å². The molecule has 1 aromatic carbocycles. The van der Waals surface area contributed by atoms with Gasteiger partial charge in [0.1, 0.15) is 0 Å². The normalized spacial score (nSPS) is 11.0. The van der Waals surface area contributed by atoms with Gasteiger partial charge in [-0.25, -0.2) is 16.8 Å². The average molecular weight is 325 g/mol. The minimum Gasteiger partial charge on any atom is -0.383 e. The van der Waals surface area contributed by atoms with E-state index in [1.165, 1.54) is 24.3 Å². The lowest BCUT2D eigenvalue weighted by Crippen LogP contribution is -2.21. The molecule has 0 fully saturated rings. The van der Waals surface area contributed by atoms with Crippen LogP contribution in [-0.2, 0) is 19.7 Å². The summed E-state index contributed by atoms with van der Waals surface area (Å²) in [5, 5.41) is 19.5. The van der Waals surface area contributed by atoms with Crippen LogP contribution in [0.25, 0.3) is 10.4 Å². The summed E-state index contributed by atoms with van der Waals surface area (Å²) in [6.07, 6.45) is 1.72. The molecule has 7 nitrogen and oxygen atoms in total. The first-order chi connectivity index (χ1) is 9.64. The van der Waals surface area contributed by atoms with Crippen LogP contribution in [0.2, 0.25) is 0 Å². The molecule has 1 rings (SSSR count). The highest BCUT2D eigenvalue weighted by Crippen LogP contribution is 2.14. The Morgan fingerprint density at radius 3 is 1.76 bits per heavy atom. The maximum absolute atomic E-state index is 11.6. The zero-order chi connectivity index (χ0) is 16.3. The molecule has 21 heavy (non-hydrogen) atoms. The highest BCUT2D eigenvalue weighted by Gasteiger charge is 2.31. The van der Waals surface area contributed by atoms with E-state index in [2.05, 4.69) is 0 Å². The summed E-state index contributed by atoms with van der Waals surface area (Å²) in [6, 6.07) is 5.42. The summed E-state index contributed by atoms with van der Waals surface area (Å²) >= 11 is 0. The zero-order valence-electron chi connectivity index (χ0n) is 11.2. The van der Waals surface area contributed by atoms with Crippen LogP contribution in [0.4, 0.5) is 0 Å². The fourth-order valence-corrected chi connectivity index (χ4v) is 3.98. The summed E-state index contributed by atoms with van der Waals surface area (Å²) in [7, 11) is -5.89. The second-order valence-electron chi connectivity index (χ2n) is 4.19. The second kappa shape index (κ2) is 5.95. The molecular weight excluding hydrogens is 314 g/mol. The van der Waals surface area contributed by atoms with Gasteiger partial charge in [0, 0.05) is 25.5 Å². The molecule has 0 heterocycles. The van der Waals surface area contributed by atoms with Crippen molar-refractivity contribution >= 4 is 30.1 Å². The smallest absolute Gasteiger partial charge is 0.282 e. The van der Waals surface area contributed by atoms with Gasteiger partial charge in [-0.05, 0) is 5.22 Å². The predicted octanol–water partition coefficient (Wildman–Crippen LogP) is -1.16. The molecule has 9 heteroatoms. The van der Waals surface area contributed by atoms with Crippen molar-refractivity contribution in [1.82, 2.24) is 4.90 Å². The van der Waals surface area contributed by atoms with E-state index in [0.717, 1.165) is 10.8 Å². The summed E-state index contributed by atoms with van der Waals surface area (Å²) < 4.78 is 45.3. The number of hydrogen-bond donors (Lipinski definition) is 0. The Morgan fingerprint density at radius 1 is 1.00 bits per heavy atom. The van der Waals surface area contributed by atoms with Gasteiger partial charge < -0.3 is 4.90 Å². The molecule has 0 N–H and O–H groups in total. The first-order valence-corrected chi connectivity index (χ1v) is 8.41. The van der Waals surface area contributed by atoms with Gasteiger partial charge in [-0.1, -0.05) is 24.3 Å². The van der Waals surface area contributed by atoms with Crippen molar-refractivity contribution in [3.8, 4) is 10.8 Å². The van der Waals surface area contributed by atoms with Gasteiger partial charge in [0.2, 0.25) is 10.8 Å². The lowest BCUT2D eigenvalue weighted by Gasteiger charge is -2.03. The van der Waals surface area contributed by atoms with Gasteiger partial charge in [-0.15, -0.1) is 0 Å². The number of rotatable bonds is 3. The number of nitrogens with zero attached hydrogens (tertiary/aromatic N) is 3. The van der Waals surface area contributed by atoms with Crippen molar-refractivity contribution in [2.24, 2.45) is 0 Å². The molecule has 1 aromatic rings. The molecule has 0 atom stereocenters. The Bertz CT molecular complexity index is 893. The quantitative estimate of drug-likeness (QED) is 0.508. The third-order valence-electron chi connectivity index (χ3n) is 2.28. The molecule has 0 aliphatic heterocycles. The van der Waals surface area contributed by atoms with Crippen molar-refractivity contribution in [1.29, 1.82) is 10.5 Å². The molecule has 0 spiro atoms. The van der Waals surface area contributed by atoms with Gasteiger partial charge in [0.15, 0.2) is 4.24 Å². The van der Waals surface area contributed by atoms with Crippen LogP contribution in [0.1, 0.15) is 0 Å².